The summed E-state index contributed by atoms with van der Waals surface area (Å²) in [5, 5.41) is 11.7. The van der Waals surface area contributed by atoms with E-state index in [1.807, 2.05) is 24.3 Å². The van der Waals surface area contributed by atoms with Crippen molar-refractivity contribution >= 4 is 16.9 Å². The predicted octanol–water partition coefficient (Wildman–Crippen LogP) is -1.97. The van der Waals surface area contributed by atoms with E-state index in [-0.39, 0.29) is 29.6 Å². The van der Waals surface area contributed by atoms with E-state index < -0.39 is 11.9 Å². The Balaban J connectivity index is 0.00000112. The molecule has 2 aromatic rings. The number of carboxylic acids is 1. The van der Waals surface area contributed by atoms with Crippen molar-refractivity contribution in [1.29, 1.82) is 0 Å². The normalized spacial score (nSPS) is 12.1. The fraction of sp³-hybridized carbons (Fsp3) is 0.182. The number of hydrogen-bond acceptors (Lipinski definition) is 2. The van der Waals surface area contributed by atoms with Gasteiger partial charge in [-0.1, -0.05) is 25.1 Å². The number of carbonyl (C=O) groups excluding carboxylic acids is 1. The minimum Gasteiger partial charge on any atom is -0.550 e. The van der Waals surface area contributed by atoms with Gasteiger partial charge in [0, 0.05) is 29.0 Å². The zero-order valence-electron chi connectivity index (χ0n) is 8.78. The number of aliphatic carboxylic acids is 1. The molecule has 0 amide bonds. The molecule has 0 unspecified atom stereocenters. The number of fused-ring (bicyclic) bond motifs is 1. The number of rotatable bonds is 2. The van der Waals surface area contributed by atoms with Crippen molar-refractivity contribution in [2.75, 3.05) is 0 Å². The smallest absolute Gasteiger partial charge is 0.550 e. The molecule has 0 fully saturated rings. The Bertz CT molecular complexity index is 478. The van der Waals surface area contributed by atoms with Crippen LogP contribution in [0.5, 0.6) is 0 Å². The third-order valence-corrected chi connectivity index (χ3v) is 2.44. The second-order valence-electron chi connectivity index (χ2n) is 3.33. The minimum atomic E-state index is -1.05. The molecule has 4 heteroatoms. The van der Waals surface area contributed by atoms with E-state index >= 15 is 0 Å². The third-order valence-electron chi connectivity index (χ3n) is 2.44. The van der Waals surface area contributed by atoms with Gasteiger partial charge in [-0.2, -0.15) is 0 Å². The first-order valence-electron chi connectivity index (χ1n) is 4.47. The van der Waals surface area contributed by atoms with Gasteiger partial charge in [-0.25, -0.2) is 0 Å². The molecule has 72 valence electrons. The number of aromatic amines is 1. The van der Waals surface area contributed by atoms with E-state index in [9.17, 15) is 9.90 Å². The zero-order chi connectivity index (χ0) is 10.1. The Hall–Kier alpha value is -0.770. The minimum absolute atomic E-state index is 0. The maximum Gasteiger partial charge on any atom is 1.00 e. The molecular weight excluding hydrogens is 201 g/mol. The summed E-state index contributed by atoms with van der Waals surface area (Å²) in [6.07, 6.45) is 1.73. The molecule has 0 radical (unpaired) electrons. The first-order valence-corrected chi connectivity index (χ1v) is 4.47. The van der Waals surface area contributed by atoms with E-state index in [1.54, 1.807) is 13.1 Å². The molecule has 0 bridgehead atoms. The Morgan fingerprint density at radius 2 is 2.07 bits per heavy atom. The monoisotopic (exact) mass is 211 g/mol. The number of H-pyrrole nitrogens is 1. The summed E-state index contributed by atoms with van der Waals surface area (Å²) in [6, 6.07) is 7.62. The van der Waals surface area contributed by atoms with Crippen LogP contribution >= 0.6 is 0 Å². The summed E-state index contributed by atoms with van der Waals surface area (Å²) in [5.74, 6) is -1.62. The molecule has 0 aliphatic rings. The van der Waals surface area contributed by atoms with Crippen LogP contribution in [0.4, 0.5) is 0 Å². The third kappa shape index (κ3) is 2.25. The van der Waals surface area contributed by atoms with Crippen LogP contribution in [-0.4, -0.2) is 11.0 Å². The van der Waals surface area contributed by atoms with Gasteiger partial charge in [0.25, 0.3) is 0 Å². The van der Waals surface area contributed by atoms with Crippen molar-refractivity contribution in [2.45, 2.75) is 12.8 Å². The summed E-state index contributed by atoms with van der Waals surface area (Å²) in [5.41, 5.74) is 1.73. The van der Waals surface area contributed by atoms with E-state index in [0.717, 1.165) is 16.5 Å². The van der Waals surface area contributed by atoms with Gasteiger partial charge in [0.05, 0.1) is 0 Å². The Kier molecular flexibility index (Phi) is 3.97. The second kappa shape index (κ2) is 4.84. The topological polar surface area (TPSA) is 55.9 Å². The van der Waals surface area contributed by atoms with Crippen molar-refractivity contribution < 1.29 is 39.5 Å². The molecule has 1 aromatic heterocycles. The van der Waals surface area contributed by atoms with Crippen molar-refractivity contribution in [3.05, 3.63) is 36.0 Å². The maximum atomic E-state index is 10.7. The average molecular weight is 211 g/mol. The van der Waals surface area contributed by atoms with Crippen LogP contribution in [0.1, 0.15) is 18.4 Å². The van der Waals surface area contributed by atoms with E-state index in [4.69, 9.17) is 0 Å². The van der Waals surface area contributed by atoms with Gasteiger partial charge in [-0.3, -0.25) is 0 Å². The first-order chi connectivity index (χ1) is 6.70. The average Bonchev–Trinajstić information content (AvgIpc) is 2.60. The zero-order valence-corrected chi connectivity index (χ0v) is 10.8. The van der Waals surface area contributed by atoms with Crippen LogP contribution in [0.2, 0.25) is 0 Å². The van der Waals surface area contributed by atoms with Crippen LogP contribution in [0, 0.1) is 0 Å². The molecule has 0 saturated carbocycles. The molecule has 2 rings (SSSR count). The number of carbonyl (C=O) groups is 1. The first kappa shape index (κ1) is 12.3. The summed E-state index contributed by atoms with van der Waals surface area (Å²) in [4.78, 5) is 13.7. The summed E-state index contributed by atoms with van der Waals surface area (Å²) in [6.45, 7) is 1.63. The molecule has 1 heterocycles. The van der Waals surface area contributed by atoms with E-state index in [1.165, 1.54) is 0 Å². The van der Waals surface area contributed by atoms with E-state index in [2.05, 4.69) is 4.98 Å². The largest absolute Gasteiger partial charge is 1.00 e. The van der Waals surface area contributed by atoms with Gasteiger partial charge in [-0.05, 0) is 11.6 Å². The van der Waals surface area contributed by atoms with Crippen LogP contribution < -0.4 is 34.7 Å². The number of aromatic nitrogens is 1. The molecular formula is C11H10NNaO2. The van der Waals surface area contributed by atoms with Crippen molar-refractivity contribution in [3.63, 3.8) is 0 Å². The van der Waals surface area contributed by atoms with Gasteiger partial charge in [-0.15, -0.1) is 0 Å². The SMILES string of the molecule is C[C@@H](C(=O)[O-])c1c[nH]c2ccccc12.[Na+]. The van der Waals surface area contributed by atoms with Gasteiger partial charge < -0.3 is 14.9 Å². The second-order valence-corrected chi connectivity index (χ2v) is 3.33. The summed E-state index contributed by atoms with van der Waals surface area (Å²) >= 11 is 0. The van der Waals surface area contributed by atoms with Crippen molar-refractivity contribution in [3.8, 4) is 0 Å². The molecule has 0 aliphatic heterocycles. The van der Waals surface area contributed by atoms with Gasteiger partial charge >= 0.3 is 29.6 Å². The molecule has 1 atom stereocenters. The van der Waals surface area contributed by atoms with E-state index in [0.29, 0.717) is 0 Å². The quantitative estimate of drug-likeness (QED) is 0.586. The summed E-state index contributed by atoms with van der Waals surface area (Å²) in [7, 11) is 0. The Morgan fingerprint density at radius 3 is 2.73 bits per heavy atom. The molecule has 0 aliphatic carbocycles. The number of hydrogen-bond donors (Lipinski definition) is 1. The van der Waals surface area contributed by atoms with Crippen LogP contribution in [0.25, 0.3) is 10.9 Å². The summed E-state index contributed by atoms with van der Waals surface area (Å²) < 4.78 is 0. The van der Waals surface area contributed by atoms with Gasteiger partial charge in [0.15, 0.2) is 0 Å². The number of para-hydroxylation sites is 1. The predicted molar refractivity (Wildman–Crippen MR) is 51.7 cm³/mol. The van der Waals surface area contributed by atoms with Gasteiger partial charge in [0.1, 0.15) is 0 Å². The molecule has 0 saturated heterocycles. The molecule has 1 aromatic carbocycles. The number of benzene rings is 1. The van der Waals surface area contributed by atoms with Crippen LogP contribution in [0.15, 0.2) is 30.5 Å². The maximum absolute atomic E-state index is 10.7. The molecule has 1 N–H and O–H groups in total. The fourth-order valence-electron chi connectivity index (χ4n) is 1.58. The molecule has 15 heavy (non-hydrogen) atoms. The standard InChI is InChI=1S/C11H11NO2.Na/c1-7(11(13)14)9-6-12-10-5-3-2-4-8(9)10;/h2-7,12H,1H3,(H,13,14);/q;+1/p-1/t7-;/m1./s1. The molecule has 0 spiro atoms. The van der Waals surface area contributed by atoms with Crippen LogP contribution in [0.3, 0.4) is 0 Å². The number of carboxylic acid groups (broad SMARTS) is 1. The van der Waals surface area contributed by atoms with Crippen molar-refractivity contribution in [2.24, 2.45) is 0 Å². The van der Waals surface area contributed by atoms with Gasteiger partial charge in [0.2, 0.25) is 0 Å². The molecule has 3 nitrogen and oxygen atoms in total. The fourth-order valence-corrected chi connectivity index (χ4v) is 1.58. The Morgan fingerprint density at radius 1 is 1.40 bits per heavy atom. The van der Waals surface area contributed by atoms with Crippen LogP contribution in [-0.2, 0) is 4.79 Å². The van der Waals surface area contributed by atoms with Crippen molar-refractivity contribution in [1.82, 2.24) is 4.98 Å². The Labute approximate surface area is 110 Å². The number of nitrogens with one attached hydrogen (secondary N) is 1.